The maximum absolute atomic E-state index is 14.0. The highest BCUT2D eigenvalue weighted by Gasteiger charge is 2.52. The Balaban J connectivity index is 1.42. The van der Waals surface area contributed by atoms with Gasteiger partial charge in [0.2, 0.25) is 29.4 Å². The van der Waals surface area contributed by atoms with Crippen molar-refractivity contribution >= 4 is 47.3 Å². The molecule has 2 bridgehead atoms. The maximum Gasteiger partial charge on any atom is 0.330 e. The fraction of sp³-hybridized carbons (Fsp3) is 0.590. The maximum atomic E-state index is 14.0. The molecule has 7 N–H and O–H groups in total. The Morgan fingerprint density at radius 2 is 1.41 bits per heavy atom. The highest BCUT2D eigenvalue weighted by atomic mass is 16.4. The number of carboxylic acids is 2. The number of allylic oxidation sites excluding steroid dienone is 2. The Labute approximate surface area is 314 Å². The Kier molecular flexibility index (Phi) is 14.9. The summed E-state index contributed by atoms with van der Waals surface area (Å²) < 4.78 is 0. The van der Waals surface area contributed by atoms with Gasteiger partial charge in [-0.25, -0.2) is 4.79 Å². The number of carbonyl (C=O) groups excluding carboxylic acids is 6. The van der Waals surface area contributed by atoms with Crippen molar-refractivity contribution in [2.75, 3.05) is 6.54 Å². The number of hydrogen-bond acceptors (Lipinski definition) is 8. The molecule has 0 aromatic heterocycles. The molecule has 0 saturated heterocycles. The molecule has 0 heterocycles. The van der Waals surface area contributed by atoms with Crippen LogP contribution in [0.3, 0.4) is 0 Å². The number of benzene rings is 1. The van der Waals surface area contributed by atoms with Crippen LogP contribution in [0.4, 0.5) is 0 Å². The first-order chi connectivity index (χ1) is 25.7. The SMILES string of the molecule is CCCC(NC(=O)[C@H](CC(C)C)NC(=O)[C@@H](NC(=O)C1C2C=CC(C2)C1C(=O)O)C1CCCCC1)C(=O)C(=O)NCC(=O)N[C@H](C(=O)O)c1ccccc1. The molecule has 294 valence electrons. The molecule has 15 heteroatoms. The molecule has 0 aliphatic heterocycles. The van der Waals surface area contributed by atoms with Crippen LogP contribution in [-0.2, 0) is 38.4 Å². The van der Waals surface area contributed by atoms with Crippen molar-refractivity contribution in [2.45, 2.75) is 103 Å². The smallest absolute Gasteiger partial charge is 0.330 e. The molecule has 1 aromatic rings. The number of nitrogens with one attached hydrogen (secondary N) is 5. The number of carboxylic acid groups (broad SMARTS) is 2. The predicted octanol–water partition coefficient (Wildman–Crippen LogP) is 2.02. The number of ketones is 1. The van der Waals surface area contributed by atoms with Gasteiger partial charge < -0.3 is 36.8 Å². The summed E-state index contributed by atoms with van der Waals surface area (Å²) in [7, 11) is 0. The van der Waals surface area contributed by atoms with Gasteiger partial charge in [-0.2, -0.15) is 0 Å². The number of Topliss-reactive ketones (excluding diaryl/α,β-unsaturated/α-hetero) is 1. The minimum atomic E-state index is -1.38. The highest BCUT2D eigenvalue weighted by molar-refractivity contribution is 6.38. The van der Waals surface area contributed by atoms with Crippen LogP contribution in [-0.4, -0.2) is 82.1 Å². The minimum absolute atomic E-state index is 0.0745. The van der Waals surface area contributed by atoms with Crippen molar-refractivity contribution in [1.82, 2.24) is 26.6 Å². The standard InChI is InChI=1S/C39H53N5O10/c1-4-11-26(33(46)37(50)40-20-28(45)43-32(39(53)54)23-14-9-6-10-15-23)41-34(47)27(18-21(2)3)42-36(49)31(22-12-7-5-8-13-22)44-35(48)29-24-16-17-25(19-24)30(29)38(51)52/h6,9-10,14-17,21-22,24-27,29-32H,4-5,7-8,11-13,18-20H2,1-3H3,(H,40,50)(H,41,47)(H,42,49)(H,43,45)(H,44,48)(H,51,52)(H,53,54)/t24?,25?,26?,27-,29?,30?,31-,32-/m0/s1. The third-order valence-electron chi connectivity index (χ3n) is 10.6. The molecule has 1 aromatic carbocycles. The molecule has 54 heavy (non-hydrogen) atoms. The van der Waals surface area contributed by atoms with E-state index < -0.39 is 89.8 Å². The van der Waals surface area contributed by atoms with Crippen molar-refractivity contribution in [2.24, 2.45) is 35.5 Å². The lowest BCUT2D eigenvalue weighted by Gasteiger charge is -2.33. The number of aliphatic carboxylic acids is 2. The zero-order valence-corrected chi connectivity index (χ0v) is 31.0. The molecular weight excluding hydrogens is 698 g/mol. The minimum Gasteiger partial charge on any atom is -0.481 e. The first-order valence-corrected chi connectivity index (χ1v) is 18.9. The number of amides is 5. The Morgan fingerprint density at radius 1 is 0.778 bits per heavy atom. The van der Waals surface area contributed by atoms with E-state index in [-0.39, 0.29) is 36.5 Å². The Morgan fingerprint density at radius 3 is 2.00 bits per heavy atom. The quantitative estimate of drug-likeness (QED) is 0.0802. The molecule has 15 nitrogen and oxygen atoms in total. The molecule has 5 amide bonds. The monoisotopic (exact) mass is 751 g/mol. The topological polar surface area (TPSA) is 237 Å². The zero-order valence-electron chi connectivity index (χ0n) is 31.0. The average molecular weight is 752 g/mol. The molecule has 8 atom stereocenters. The van der Waals surface area contributed by atoms with E-state index in [0.717, 1.165) is 19.3 Å². The summed E-state index contributed by atoms with van der Waals surface area (Å²) in [6, 6.07) is 3.14. The Bertz CT molecular complexity index is 1590. The van der Waals surface area contributed by atoms with Crippen molar-refractivity contribution in [3.8, 4) is 0 Å². The molecule has 0 spiro atoms. The van der Waals surface area contributed by atoms with Crippen molar-refractivity contribution in [1.29, 1.82) is 0 Å². The summed E-state index contributed by atoms with van der Waals surface area (Å²) >= 11 is 0. The van der Waals surface area contributed by atoms with E-state index in [9.17, 15) is 48.6 Å². The number of rotatable bonds is 19. The van der Waals surface area contributed by atoms with E-state index in [1.54, 1.807) is 25.1 Å². The molecule has 2 fully saturated rings. The molecule has 5 unspecified atom stereocenters. The third kappa shape index (κ3) is 10.8. The Hall–Kier alpha value is -5.08. The van der Waals surface area contributed by atoms with E-state index in [4.69, 9.17) is 0 Å². The molecular formula is C39H53N5O10. The predicted molar refractivity (Wildman–Crippen MR) is 195 cm³/mol. The third-order valence-corrected chi connectivity index (χ3v) is 10.6. The second-order valence-corrected chi connectivity index (χ2v) is 15.1. The lowest BCUT2D eigenvalue weighted by atomic mass is 9.80. The molecule has 3 aliphatic carbocycles. The van der Waals surface area contributed by atoms with Gasteiger partial charge in [0.15, 0.2) is 6.04 Å². The number of fused-ring (bicyclic) bond motifs is 2. The van der Waals surface area contributed by atoms with Gasteiger partial charge in [-0.3, -0.25) is 33.6 Å². The van der Waals surface area contributed by atoms with E-state index in [0.29, 0.717) is 31.2 Å². The molecule has 4 rings (SSSR count). The molecule has 2 saturated carbocycles. The van der Waals surface area contributed by atoms with Crippen molar-refractivity contribution in [3.63, 3.8) is 0 Å². The summed E-state index contributed by atoms with van der Waals surface area (Å²) in [4.78, 5) is 104. The van der Waals surface area contributed by atoms with Gasteiger partial charge in [-0.05, 0) is 61.3 Å². The summed E-state index contributed by atoms with van der Waals surface area (Å²) in [6.07, 6.45) is 8.95. The summed E-state index contributed by atoms with van der Waals surface area (Å²) in [5.41, 5.74) is 0.312. The van der Waals surface area contributed by atoms with Crippen molar-refractivity contribution < 1.29 is 48.6 Å². The van der Waals surface area contributed by atoms with Crippen molar-refractivity contribution in [3.05, 3.63) is 48.0 Å². The summed E-state index contributed by atoms with van der Waals surface area (Å²) in [5, 5.41) is 32.3. The second-order valence-electron chi connectivity index (χ2n) is 15.1. The number of carbonyl (C=O) groups is 8. The lowest BCUT2D eigenvalue weighted by Crippen LogP contribution is -2.59. The van der Waals surface area contributed by atoms with Gasteiger partial charge >= 0.3 is 11.9 Å². The van der Waals surface area contributed by atoms with E-state index >= 15 is 0 Å². The van der Waals surface area contributed by atoms with Gasteiger partial charge in [-0.1, -0.05) is 88.9 Å². The largest absolute Gasteiger partial charge is 0.481 e. The van der Waals surface area contributed by atoms with Gasteiger partial charge in [0.25, 0.3) is 5.91 Å². The van der Waals surface area contributed by atoms with Gasteiger partial charge in [0.05, 0.1) is 24.4 Å². The fourth-order valence-electron chi connectivity index (χ4n) is 7.98. The molecule has 3 aliphatic rings. The van der Waals surface area contributed by atoms with Gasteiger partial charge in [0, 0.05) is 0 Å². The fourth-order valence-corrected chi connectivity index (χ4v) is 7.98. The first kappa shape index (κ1) is 41.7. The van der Waals surface area contributed by atoms with Crippen LogP contribution in [0.15, 0.2) is 42.5 Å². The highest BCUT2D eigenvalue weighted by Crippen LogP contribution is 2.48. The summed E-state index contributed by atoms with van der Waals surface area (Å²) in [5.74, 6) is -9.68. The van der Waals surface area contributed by atoms with Gasteiger partial charge in [-0.15, -0.1) is 0 Å². The second kappa shape index (κ2) is 19.3. The molecule has 0 radical (unpaired) electrons. The van der Waals surface area contributed by atoms with Crippen LogP contribution in [0, 0.1) is 35.5 Å². The van der Waals surface area contributed by atoms with E-state index in [1.165, 1.54) is 12.1 Å². The number of hydrogen-bond donors (Lipinski definition) is 7. The van der Waals surface area contributed by atoms with Crippen LogP contribution in [0.1, 0.15) is 90.2 Å². The van der Waals surface area contributed by atoms with Crippen LogP contribution in [0.25, 0.3) is 0 Å². The van der Waals surface area contributed by atoms with Crippen LogP contribution in [0.5, 0.6) is 0 Å². The first-order valence-electron chi connectivity index (χ1n) is 18.9. The van der Waals surface area contributed by atoms with Crippen LogP contribution >= 0.6 is 0 Å². The van der Waals surface area contributed by atoms with E-state index in [2.05, 4.69) is 26.6 Å². The summed E-state index contributed by atoms with van der Waals surface area (Å²) in [6.45, 7) is 4.75. The lowest BCUT2D eigenvalue weighted by molar-refractivity contribution is -0.148. The van der Waals surface area contributed by atoms with Gasteiger partial charge in [0.1, 0.15) is 12.1 Å². The average Bonchev–Trinajstić information content (AvgIpc) is 3.77. The van der Waals surface area contributed by atoms with E-state index in [1.807, 2.05) is 26.0 Å². The zero-order chi connectivity index (χ0) is 39.5. The van der Waals surface area contributed by atoms with Crippen LogP contribution in [0.2, 0.25) is 0 Å². The normalized spacial score (nSPS) is 22.7. The van der Waals surface area contributed by atoms with Crippen LogP contribution < -0.4 is 26.6 Å².